The summed E-state index contributed by atoms with van der Waals surface area (Å²) in [6.45, 7) is 2.07. The molecule has 1 atom stereocenters. The van der Waals surface area contributed by atoms with E-state index >= 15 is 0 Å². The summed E-state index contributed by atoms with van der Waals surface area (Å²) in [6.07, 6.45) is 0.881. The molecule has 0 saturated heterocycles. The molecule has 0 amide bonds. The van der Waals surface area contributed by atoms with E-state index in [0.29, 0.717) is 5.82 Å². The van der Waals surface area contributed by atoms with E-state index in [9.17, 15) is 10.1 Å². The maximum atomic E-state index is 11.1. The highest BCUT2D eigenvalue weighted by molar-refractivity contribution is 5.71. The molecule has 1 aromatic heterocycles. The van der Waals surface area contributed by atoms with Gasteiger partial charge in [-0.2, -0.15) is 0 Å². The first-order valence-electron chi connectivity index (χ1n) is 6.60. The van der Waals surface area contributed by atoms with Gasteiger partial charge in [-0.3, -0.25) is 10.1 Å². The molecule has 0 saturated carbocycles. The molecule has 0 aliphatic carbocycles. The van der Waals surface area contributed by atoms with Crippen LogP contribution in [-0.2, 0) is 6.42 Å². The van der Waals surface area contributed by atoms with Crippen molar-refractivity contribution in [3.8, 4) is 0 Å². The van der Waals surface area contributed by atoms with Crippen molar-refractivity contribution in [2.24, 2.45) is 5.84 Å². The largest absolute Gasteiger partial charge is 0.323 e. The summed E-state index contributed by atoms with van der Waals surface area (Å²) < 4.78 is 0. The zero-order valence-corrected chi connectivity index (χ0v) is 11.5. The predicted octanol–water partition coefficient (Wildman–Crippen LogP) is 2.36. The second-order valence-corrected chi connectivity index (χ2v) is 5.02. The molecule has 7 heteroatoms. The van der Waals surface area contributed by atoms with Crippen LogP contribution in [-0.4, -0.2) is 15.9 Å². The Hall–Kier alpha value is -2.67. The van der Waals surface area contributed by atoms with Crippen molar-refractivity contribution in [3.63, 3.8) is 0 Å². The molecule has 2 aromatic rings. The third-order valence-corrected chi connectivity index (χ3v) is 3.61. The molecule has 3 rings (SSSR count). The molecular weight excluding hydrogens is 270 g/mol. The summed E-state index contributed by atoms with van der Waals surface area (Å²) in [6, 6.07) is 11.0. The topological polar surface area (TPSA) is 97.3 Å². The van der Waals surface area contributed by atoms with Crippen molar-refractivity contribution in [3.05, 3.63) is 52.1 Å². The van der Waals surface area contributed by atoms with Gasteiger partial charge in [0.1, 0.15) is 11.6 Å². The normalized spacial score (nSPS) is 16.7. The van der Waals surface area contributed by atoms with Crippen molar-refractivity contribution in [1.29, 1.82) is 0 Å². The molecule has 7 nitrogen and oxygen atoms in total. The van der Waals surface area contributed by atoms with Crippen molar-refractivity contribution in [2.75, 3.05) is 10.3 Å². The first-order valence-corrected chi connectivity index (χ1v) is 6.60. The molecule has 108 valence electrons. The number of nitrogens with zero attached hydrogens (tertiary/aromatic N) is 3. The number of para-hydroxylation sites is 1. The van der Waals surface area contributed by atoms with Gasteiger partial charge < -0.3 is 10.3 Å². The van der Waals surface area contributed by atoms with Gasteiger partial charge in [-0.05, 0) is 25.0 Å². The van der Waals surface area contributed by atoms with Crippen molar-refractivity contribution in [2.45, 2.75) is 19.4 Å². The van der Waals surface area contributed by atoms with E-state index in [-0.39, 0.29) is 17.5 Å². The second-order valence-electron chi connectivity index (χ2n) is 5.02. The summed E-state index contributed by atoms with van der Waals surface area (Å²) in [5, 5.41) is 11.1. The zero-order valence-electron chi connectivity index (χ0n) is 11.5. The molecule has 21 heavy (non-hydrogen) atoms. The molecule has 0 fully saturated rings. The minimum absolute atomic E-state index is 0.0375. The lowest BCUT2D eigenvalue weighted by Crippen LogP contribution is -2.25. The third kappa shape index (κ3) is 2.27. The van der Waals surface area contributed by atoms with Gasteiger partial charge in [0.15, 0.2) is 0 Å². The van der Waals surface area contributed by atoms with Gasteiger partial charge >= 0.3 is 0 Å². The Bertz CT molecular complexity index is 704. The average Bonchev–Trinajstić information content (AvgIpc) is 2.82. The molecule has 0 spiro atoms. The molecule has 0 radical (unpaired) electrons. The van der Waals surface area contributed by atoms with Gasteiger partial charge in [0.2, 0.25) is 0 Å². The Balaban J connectivity index is 2.12. The van der Waals surface area contributed by atoms with Gasteiger partial charge in [-0.25, -0.2) is 10.8 Å². The van der Waals surface area contributed by atoms with Crippen LogP contribution in [0.4, 0.5) is 23.0 Å². The highest BCUT2D eigenvalue weighted by Gasteiger charge is 2.29. The molecule has 0 bridgehead atoms. The van der Waals surface area contributed by atoms with Crippen LogP contribution in [0.3, 0.4) is 0 Å². The van der Waals surface area contributed by atoms with Crippen LogP contribution in [0.2, 0.25) is 0 Å². The van der Waals surface area contributed by atoms with Gasteiger partial charge in [-0.1, -0.05) is 18.2 Å². The van der Waals surface area contributed by atoms with E-state index in [2.05, 4.69) is 23.4 Å². The quantitative estimate of drug-likeness (QED) is 0.510. The number of hydrogen-bond acceptors (Lipinski definition) is 6. The number of fused-ring (bicyclic) bond motifs is 1. The predicted molar refractivity (Wildman–Crippen MR) is 80.4 cm³/mol. The van der Waals surface area contributed by atoms with E-state index < -0.39 is 4.92 Å². The van der Waals surface area contributed by atoms with E-state index in [1.165, 1.54) is 17.7 Å². The van der Waals surface area contributed by atoms with Crippen molar-refractivity contribution in [1.82, 2.24) is 4.98 Å². The second kappa shape index (κ2) is 5.02. The van der Waals surface area contributed by atoms with Gasteiger partial charge in [0.25, 0.3) is 5.69 Å². The Morgan fingerprint density at radius 2 is 2.19 bits per heavy atom. The number of nitrogen functional groups attached to an aromatic ring is 1. The van der Waals surface area contributed by atoms with Crippen LogP contribution in [0.1, 0.15) is 12.5 Å². The summed E-state index contributed by atoms with van der Waals surface area (Å²) in [7, 11) is 0. The number of hydrazine groups is 1. The number of pyridine rings is 1. The Kier molecular flexibility index (Phi) is 3.19. The number of hydrogen-bond donors (Lipinski definition) is 2. The Labute approximate surface area is 121 Å². The van der Waals surface area contributed by atoms with Crippen molar-refractivity contribution >= 4 is 23.0 Å². The lowest BCUT2D eigenvalue weighted by atomic mass is 10.1. The number of nitro groups is 1. The fourth-order valence-corrected chi connectivity index (χ4v) is 2.72. The molecular formula is C14H15N5O2. The molecule has 1 aliphatic heterocycles. The molecule has 1 aromatic carbocycles. The maximum absolute atomic E-state index is 11.1. The van der Waals surface area contributed by atoms with Gasteiger partial charge in [0, 0.05) is 11.7 Å². The fraction of sp³-hybridized carbons (Fsp3) is 0.214. The standard InChI is InChI=1S/C14H15N5O2/c1-9-6-10-4-2-3-5-12(10)18(9)14-8-11(19(20)21)7-13(16-14)17-15/h2-5,7-9H,6,15H2,1H3,(H,16,17). The van der Waals surface area contributed by atoms with E-state index in [4.69, 9.17) is 5.84 Å². The average molecular weight is 285 g/mol. The highest BCUT2D eigenvalue weighted by atomic mass is 16.6. The van der Waals surface area contributed by atoms with E-state index in [1.807, 2.05) is 23.1 Å². The summed E-state index contributed by atoms with van der Waals surface area (Å²) in [4.78, 5) is 17.0. The molecule has 1 aliphatic rings. The SMILES string of the molecule is CC1Cc2ccccc2N1c1cc([N+](=O)[O-])cc(NN)n1. The number of anilines is 3. The third-order valence-electron chi connectivity index (χ3n) is 3.61. The lowest BCUT2D eigenvalue weighted by molar-refractivity contribution is -0.384. The minimum atomic E-state index is -0.446. The minimum Gasteiger partial charge on any atom is -0.323 e. The first kappa shape index (κ1) is 13.3. The van der Waals surface area contributed by atoms with Crippen molar-refractivity contribution < 1.29 is 4.92 Å². The Morgan fingerprint density at radius 3 is 2.90 bits per heavy atom. The summed E-state index contributed by atoms with van der Waals surface area (Å²) >= 11 is 0. The van der Waals surface area contributed by atoms with Crippen LogP contribution >= 0.6 is 0 Å². The smallest absolute Gasteiger partial charge is 0.276 e. The molecule has 1 unspecified atom stereocenters. The number of rotatable bonds is 3. The van der Waals surface area contributed by atoms with Gasteiger partial charge in [-0.15, -0.1) is 0 Å². The van der Waals surface area contributed by atoms with Crippen LogP contribution < -0.4 is 16.2 Å². The lowest BCUT2D eigenvalue weighted by Gasteiger charge is -2.24. The fourth-order valence-electron chi connectivity index (χ4n) is 2.72. The number of nitrogens with one attached hydrogen (secondary N) is 1. The van der Waals surface area contributed by atoms with Crippen LogP contribution in [0.25, 0.3) is 0 Å². The number of benzene rings is 1. The monoisotopic (exact) mass is 285 g/mol. The zero-order chi connectivity index (χ0) is 15.0. The van der Waals surface area contributed by atoms with Crippen LogP contribution in [0.5, 0.6) is 0 Å². The first-order chi connectivity index (χ1) is 10.1. The summed E-state index contributed by atoms with van der Waals surface area (Å²) in [5.74, 6) is 6.16. The number of nitrogens with two attached hydrogens (primary N) is 1. The Morgan fingerprint density at radius 1 is 1.43 bits per heavy atom. The van der Waals surface area contributed by atoms with Crippen LogP contribution in [0.15, 0.2) is 36.4 Å². The molecule has 2 heterocycles. The van der Waals surface area contributed by atoms with Gasteiger partial charge in [0.05, 0.1) is 17.1 Å². The summed E-state index contributed by atoms with van der Waals surface area (Å²) in [5.41, 5.74) is 4.58. The highest BCUT2D eigenvalue weighted by Crippen LogP contribution is 2.38. The van der Waals surface area contributed by atoms with E-state index in [0.717, 1.165) is 12.1 Å². The molecule has 3 N–H and O–H groups in total. The maximum Gasteiger partial charge on any atom is 0.276 e. The van der Waals surface area contributed by atoms with Crippen LogP contribution in [0, 0.1) is 10.1 Å². The van der Waals surface area contributed by atoms with E-state index in [1.54, 1.807) is 0 Å². The number of aromatic nitrogens is 1.